The van der Waals surface area contributed by atoms with Gasteiger partial charge in [0.05, 0.1) is 0 Å². The minimum atomic E-state index is 0.128. The van der Waals surface area contributed by atoms with Crippen LogP contribution in [0.25, 0.3) is 10.9 Å². The summed E-state index contributed by atoms with van der Waals surface area (Å²) in [5.41, 5.74) is 7.26. The molecule has 1 unspecified atom stereocenters. The molecule has 3 aliphatic rings. The number of aromatic hydroxyl groups is 1. The molecule has 1 aromatic heterocycles. The van der Waals surface area contributed by atoms with Crippen LogP contribution >= 0.6 is 0 Å². The van der Waals surface area contributed by atoms with Gasteiger partial charge in [-0.05, 0) is 92.8 Å². The normalized spacial score (nSPS) is 26.5. The first-order chi connectivity index (χ1) is 14.5. The Morgan fingerprint density at radius 3 is 2.80 bits per heavy atom. The second kappa shape index (κ2) is 6.62. The Morgan fingerprint density at radius 2 is 2.00 bits per heavy atom. The third kappa shape index (κ3) is 2.82. The summed E-state index contributed by atoms with van der Waals surface area (Å²) < 4.78 is 2.45. The summed E-state index contributed by atoms with van der Waals surface area (Å²) >= 11 is 0. The lowest BCUT2D eigenvalue weighted by Crippen LogP contribution is -2.54. The van der Waals surface area contributed by atoms with Gasteiger partial charge in [-0.25, -0.2) is 0 Å². The van der Waals surface area contributed by atoms with Gasteiger partial charge in [0.25, 0.3) is 0 Å². The van der Waals surface area contributed by atoms with E-state index < -0.39 is 0 Å². The molecule has 1 saturated heterocycles. The zero-order valence-electron chi connectivity index (χ0n) is 18.2. The van der Waals surface area contributed by atoms with Crippen LogP contribution in [-0.4, -0.2) is 34.2 Å². The second-order valence-corrected chi connectivity index (χ2v) is 10.2. The summed E-state index contributed by atoms with van der Waals surface area (Å²) in [7, 11) is 2.25. The van der Waals surface area contributed by atoms with Crippen molar-refractivity contribution in [2.75, 3.05) is 19.6 Å². The predicted octanol–water partition coefficient (Wildman–Crippen LogP) is 4.96. The smallest absolute Gasteiger partial charge is 0.115 e. The topological polar surface area (TPSA) is 28.4 Å². The third-order valence-electron chi connectivity index (χ3n) is 8.29. The lowest BCUT2D eigenvalue weighted by atomic mass is 9.58. The average Bonchev–Trinajstić information content (AvgIpc) is 3.52. The van der Waals surface area contributed by atoms with Crippen LogP contribution in [0.5, 0.6) is 5.75 Å². The maximum atomic E-state index is 10.3. The van der Waals surface area contributed by atoms with Gasteiger partial charge in [-0.1, -0.05) is 23.8 Å². The number of phenols is 1. The highest BCUT2D eigenvalue weighted by Gasteiger charge is 2.48. The Kier molecular flexibility index (Phi) is 4.08. The molecule has 3 nitrogen and oxygen atoms in total. The molecule has 3 heteroatoms. The van der Waals surface area contributed by atoms with Crippen molar-refractivity contribution in [2.45, 2.75) is 44.4 Å². The fourth-order valence-electron chi connectivity index (χ4n) is 6.45. The van der Waals surface area contributed by atoms with Crippen molar-refractivity contribution in [3.63, 3.8) is 0 Å². The Hall–Kier alpha value is -2.26. The SMILES string of the molecule is Cc1ccc2c(c1)c1c(n2C)C[C@@]2(c3cccc(O)c3)CCN(CC3CC3)CC2C1. The van der Waals surface area contributed by atoms with E-state index in [1.54, 1.807) is 5.56 Å². The van der Waals surface area contributed by atoms with E-state index in [-0.39, 0.29) is 5.41 Å². The van der Waals surface area contributed by atoms with Gasteiger partial charge >= 0.3 is 0 Å². The molecule has 1 N–H and O–H groups in total. The molecule has 2 aliphatic carbocycles. The Bertz CT molecular complexity index is 1130. The minimum Gasteiger partial charge on any atom is -0.508 e. The summed E-state index contributed by atoms with van der Waals surface area (Å²) in [6, 6.07) is 15.1. The number of aromatic nitrogens is 1. The second-order valence-electron chi connectivity index (χ2n) is 10.2. The van der Waals surface area contributed by atoms with Crippen LogP contribution < -0.4 is 0 Å². The third-order valence-corrected chi connectivity index (χ3v) is 8.29. The fourth-order valence-corrected chi connectivity index (χ4v) is 6.45. The van der Waals surface area contributed by atoms with Crippen molar-refractivity contribution in [1.82, 2.24) is 9.47 Å². The molecule has 0 spiro atoms. The van der Waals surface area contributed by atoms with E-state index in [2.05, 4.69) is 47.7 Å². The molecule has 1 saturated carbocycles. The summed E-state index contributed by atoms with van der Waals surface area (Å²) in [5, 5.41) is 11.7. The molecule has 0 bridgehead atoms. The first-order valence-electron chi connectivity index (χ1n) is 11.6. The molecular weight excluding hydrogens is 368 g/mol. The molecule has 6 rings (SSSR count). The summed E-state index contributed by atoms with van der Waals surface area (Å²) in [5.74, 6) is 1.95. The number of phenolic OH excluding ortho intramolecular Hbond substituents is 1. The lowest BCUT2D eigenvalue weighted by molar-refractivity contribution is 0.0776. The summed E-state index contributed by atoms with van der Waals surface area (Å²) in [6.45, 7) is 5.86. The van der Waals surface area contributed by atoms with E-state index >= 15 is 0 Å². The van der Waals surface area contributed by atoms with Gasteiger partial charge in [0.15, 0.2) is 0 Å². The quantitative estimate of drug-likeness (QED) is 0.673. The first-order valence-corrected chi connectivity index (χ1v) is 11.6. The Morgan fingerprint density at radius 1 is 1.13 bits per heavy atom. The van der Waals surface area contributed by atoms with Crippen molar-refractivity contribution in [1.29, 1.82) is 0 Å². The lowest BCUT2D eigenvalue weighted by Gasteiger charge is -2.51. The molecule has 156 valence electrons. The monoisotopic (exact) mass is 400 g/mol. The van der Waals surface area contributed by atoms with Gasteiger partial charge in [-0.15, -0.1) is 0 Å². The van der Waals surface area contributed by atoms with Gasteiger partial charge in [0, 0.05) is 42.1 Å². The van der Waals surface area contributed by atoms with E-state index in [9.17, 15) is 5.11 Å². The molecule has 1 aliphatic heterocycles. The van der Waals surface area contributed by atoms with Crippen LogP contribution in [-0.2, 0) is 25.3 Å². The van der Waals surface area contributed by atoms with Gasteiger partial charge in [-0.3, -0.25) is 0 Å². The van der Waals surface area contributed by atoms with Crippen LogP contribution in [0.15, 0.2) is 42.5 Å². The average molecular weight is 401 g/mol. The number of aryl methyl sites for hydroxylation is 2. The molecule has 0 radical (unpaired) electrons. The van der Waals surface area contributed by atoms with Crippen molar-refractivity contribution in [3.05, 3.63) is 64.8 Å². The molecule has 0 amide bonds. The maximum absolute atomic E-state index is 10.3. The number of piperidine rings is 1. The molecule has 2 heterocycles. The number of nitrogens with zero attached hydrogens (tertiary/aromatic N) is 2. The largest absolute Gasteiger partial charge is 0.508 e. The Balaban J connectivity index is 1.48. The van der Waals surface area contributed by atoms with E-state index in [1.807, 2.05) is 18.2 Å². The Labute approximate surface area is 179 Å². The van der Waals surface area contributed by atoms with Crippen LogP contribution in [0.2, 0.25) is 0 Å². The van der Waals surface area contributed by atoms with Crippen molar-refractivity contribution < 1.29 is 5.11 Å². The van der Waals surface area contributed by atoms with Crippen LogP contribution in [0.1, 0.15) is 41.6 Å². The van der Waals surface area contributed by atoms with Gasteiger partial charge < -0.3 is 14.6 Å². The summed E-state index contributed by atoms with van der Waals surface area (Å²) in [4.78, 5) is 2.74. The summed E-state index contributed by atoms with van der Waals surface area (Å²) in [6.07, 6.45) is 6.26. The van der Waals surface area contributed by atoms with E-state index in [4.69, 9.17) is 0 Å². The standard InChI is InChI=1S/C27H32N2O/c1-18-6-9-25-23(12-18)24-14-21-17-29(16-19-7-8-19)11-10-27(21,15-26(24)28(25)2)20-4-3-5-22(30)13-20/h3-6,9,12-13,19,21,30H,7-8,10-11,14-17H2,1-2H3/t21?,27-/m1/s1. The zero-order valence-corrected chi connectivity index (χ0v) is 18.2. The molecule has 30 heavy (non-hydrogen) atoms. The highest BCUT2D eigenvalue weighted by atomic mass is 16.3. The van der Waals surface area contributed by atoms with E-state index in [0.29, 0.717) is 11.7 Å². The molecule has 2 atom stereocenters. The van der Waals surface area contributed by atoms with Crippen LogP contribution in [0.4, 0.5) is 0 Å². The van der Waals surface area contributed by atoms with Crippen molar-refractivity contribution >= 4 is 10.9 Å². The fraction of sp³-hybridized carbons (Fsp3) is 0.481. The predicted molar refractivity (Wildman–Crippen MR) is 122 cm³/mol. The number of rotatable bonds is 3. The number of hydrogen-bond acceptors (Lipinski definition) is 2. The van der Waals surface area contributed by atoms with Gasteiger partial charge in [0.1, 0.15) is 5.75 Å². The number of hydrogen-bond donors (Lipinski definition) is 1. The highest BCUT2D eigenvalue weighted by molar-refractivity contribution is 5.86. The molecule has 2 aromatic carbocycles. The van der Waals surface area contributed by atoms with E-state index in [1.165, 1.54) is 66.6 Å². The molecule has 2 fully saturated rings. The van der Waals surface area contributed by atoms with Crippen LogP contribution in [0.3, 0.4) is 0 Å². The first kappa shape index (κ1) is 18.5. The molecule has 3 aromatic rings. The number of benzene rings is 2. The number of likely N-dealkylation sites (tertiary alicyclic amines) is 1. The van der Waals surface area contributed by atoms with Crippen molar-refractivity contribution in [2.24, 2.45) is 18.9 Å². The molecular formula is C27H32N2O. The van der Waals surface area contributed by atoms with Crippen LogP contribution in [0, 0.1) is 18.8 Å². The van der Waals surface area contributed by atoms with Gasteiger partial charge in [0.2, 0.25) is 0 Å². The number of fused-ring (bicyclic) bond motifs is 4. The minimum absolute atomic E-state index is 0.128. The highest BCUT2D eigenvalue weighted by Crippen LogP contribution is 2.50. The van der Waals surface area contributed by atoms with Crippen molar-refractivity contribution in [3.8, 4) is 5.75 Å². The zero-order chi connectivity index (χ0) is 20.5. The van der Waals surface area contributed by atoms with E-state index in [0.717, 1.165) is 18.8 Å². The van der Waals surface area contributed by atoms with Gasteiger partial charge in [-0.2, -0.15) is 0 Å². The maximum Gasteiger partial charge on any atom is 0.115 e.